The van der Waals surface area contributed by atoms with Crippen LogP contribution < -0.4 is 0 Å². The van der Waals surface area contributed by atoms with Gasteiger partial charge in [-0.25, -0.2) is 0 Å². The molecule has 0 unspecified atom stereocenters. The van der Waals surface area contributed by atoms with Crippen molar-refractivity contribution < 1.29 is 0 Å². The van der Waals surface area contributed by atoms with Crippen molar-refractivity contribution in [1.29, 1.82) is 0 Å². The van der Waals surface area contributed by atoms with Crippen LogP contribution in [0.2, 0.25) is 0 Å². The number of nitrogens with zero attached hydrogens (tertiary/aromatic N) is 2. The Balaban J connectivity index is 1.14. The monoisotopic (exact) mass is 666 g/mol. The van der Waals surface area contributed by atoms with E-state index in [0.717, 1.165) is 22.5 Å². The van der Waals surface area contributed by atoms with Crippen LogP contribution in [-0.4, -0.2) is 9.13 Å². The lowest BCUT2D eigenvalue weighted by atomic mass is 10.0. The average molecular weight is 667 g/mol. The zero-order valence-corrected chi connectivity index (χ0v) is 29.4. The van der Waals surface area contributed by atoms with E-state index in [1.807, 2.05) is 6.92 Å². The highest BCUT2D eigenvalue weighted by Crippen LogP contribution is 2.38. The molecule has 9 rings (SSSR count). The fourth-order valence-electron chi connectivity index (χ4n) is 7.77. The van der Waals surface area contributed by atoms with E-state index < -0.39 is 0 Å². The molecule has 9 aromatic rings. The molecule has 0 aliphatic heterocycles. The number of aromatic nitrogens is 2. The van der Waals surface area contributed by atoms with Crippen molar-refractivity contribution in [3.05, 3.63) is 200 Å². The summed E-state index contributed by atoms with van der Waals surface area (Å²) in [6, 6.07) is 59.7. The van der Waals surface area contributed by atoms with Crippen molar-refractivity contribution in [1.82, 2.24) is 9.13 Å². The Labute approximate surface area is 304 Å². The molecule has 0 saturated heterocycles. The van der Waals surface area contributed by atoms with Crippen LogP contribution in [0.25, 0.3) is 82.8 Å². The maximum Gasteiger partial charge on any atom is 0.0541 e. The Bertz CT molecular complexity index is 2840. The van der Waals surface area contributed by atoms with Crippen LogP contribution in [0.4, 0.5) is 0 Å². The minimum atomic E-state index is 1.04. The zero-order valence-electron chi connectivity index (χ0n) is 29.4. The van der Waals surface area contributed by atoms with E-state index in [-0.39, 0.29) is 0 Å². The molecule has 0 radical (unpaired) electrons. The predicted molar refractivity (Wildman–Crippen MR) is 224 cm³/mol. The zero-order chi connectivity index (χ0) is 35.2. The molecule has 0 spiro atoms. The van der Waals surface area contributed by atoms with Gasteiger partial charge in [0.2, 0.25) is 0 Å². The molecule has 2 heteroatoms. The molecular weight excluding hydrogens is 629 g/mol. The Morgan fingerprint density at radius 1 is 0.462 bits per heavy atom. The van der Waals surface area contributed by atoms with Gasteiger partial charge in [0.1, 0.15) is 0 Å². The van der Waals surface area contributed by atoms with Gasteiger partial charge in [-0.2, -0.15) is 0 Å². The molecule has 0 aliphatic carbocycles. The second-order valence-corrected chi connectivity index (χ2v) is 13.6. The van der Waals surface area contributed by atoms with Gasteiger partial charge >= 0.3 is 0 Å². The first-order chi connectivity index (χ1) is 25.6. The topological polar surface area (TPSA) is 9.86 Å². The maximum atomic E-state index is 4.10. The summed E-state index contributed by atoms with van der Waals surface area (Å²) in [5.74, 6) is 0. The lowest BCUT2D eigenvalue weighted by Gasteiger charge is -2.11. The molecule has 2 heterocycles. The quantitative estimate of drug-likeness (QED) is 0.150. The third-order valence-corrected chi connectivity index (χ3v) is 10.1. The molecule has 0 bridgehead atoms. The molecule has 0 saturated carbocycles. The van der Waals surface area contributed by atoms with E-state index in [4.69, 9.17) is 0 Å². The van der Waals surface area contributed by atoms with Gasteiger partial charge in [-0.05, 0) is 108 Å². The van der Waals surface area contributed by atoms with Crippen molar-refractivity contribution in [3.8, 4) is 33.6 Å². The van der Waals surface area contributed by atoms with Gasteiger partial charge in [-0.1, -0.05) is 134 Å². The van der Waals surface area contributed by atoms with E-state index >= 15 is 0 Å². The van der Waals surface area contributed by atoms with Gasteiger partial charge in [-0.3, -0.25) is 0 Å². The molecule has 52 heavy (non-hydrogen) atoms. The third kappa shape index (κ3) is 5.37. The first-order valence-corrected chi connectivity index (χ1v) is 17.9. The molecular formula is C50H38N2. The highest BCUT2D eigenvalue weighted by molar-refractivity contribution is 6.12. The van der Waals surface area contributed by atoms with E-state index in [1.165, 1.54) is 71.4 Å². The highest BCUT2D eigenvalue weighted by Gasteiger charge is 2.16. The van der Waals surface area contributed by atoms with Gasteiger partial charge in [-0.15, -0.1) is 0 Å². The van der Waals surface area contributed by atoms with Crippen LogP contribution in [0.3, 0.4) is 0 Å². The summed E-state index contributed by atoms with van der Waals surface area (Å²) in [4.78, 5) is 0. The molecule has 0 N–H and O–H groups in total. The van der Waals surface area contributed by atoms with Crippen LogP contribution in [0.15, 0.2) is 194 Å². The fourth-order valence-corrected chi connectivity index (χ4v) is 7.77. The Morgan fingerprint density at radius 2 is 0.904 bits per heavy atom. The Morgan fingerprint density at radius 3 is 1.42 bits per heavy atom. The number of hydrogen-bond donors (Lipinski definition) is 0. The van der Waals surface area contributed by atoms with Crippen molar-refractivity contribution in [2.75, 3.05) is 0 Å². The smallest absolute Gasteiger partial charge is 0.0541 e. The average Bonchev–Trinajstić information content (AvgIpc) is 3.70. The SMILES string of the molecule is C=C(C)/C=C(\C=C/C)c1ccc(-n2c3ccccc3c3cc(-c4ccc5c(c4)c4ccccc4n5-c4ccc(-c5ccccc5)cc4)ccc32)cc1. The molecule has 2 aromatic heterocycles. The molecule has 248 valence electrons. The van der Waals surface area contributed by atoms with Gasteiger partial charge in [0.25, 0.3) is 0 Å². The largest absolute Gasteiger partial charge is 0.309 e. The highest BCUT2D eigenvalue weighted by atomic mass is 15.0. The summed E-state index contributed by atoms with van der Waals surface area (Å²) in [5, 5.41) is 5.00. The summed E-state index contributed by atoms with van der Waals surface area (Å²) in [6.07, 6.45) is 6.35. The first kappa shape index (κ1) is 31.3. The van der Waals surface area contributed by atoms with E-state index in [1.54, 1.807) is 0 Å². The van der Waals surface area contributed by atoms with Gasteiger partial charge in [0, 0.05) is 32.9 Å². The number of rotatable bonds is 7. The van der Waals surface area contributed by atoms with Gasteiger partial charge in [0.15, 0.2) is 0 Å². The predicted octanol–water partition coefficient (Wildman–Crippen LogP) is 13.8. The second-order valence-electron chi connectivity index (χ2n) is 13.6. The summed E-state index contributed by atoms with van der Waals surface area (Å²) >= 11 is 0. The van der Waals surface area contributed by atoms with E-state index in [9.17, 15) is 0 Å². The minimum Gasteiger partial charge on any atom is -0.309 e. The standard InChI is InChI=1S/C50H38N2/c1-4-12-38(31-34(2)3)37-21-27-42(28-22-37)52-48-18-11-9-16-44(48)46-33-40(24-30-50(46)52)39-23-29-49-45(32-39)43-15-8-10-17-47(43)51(49)41-25-19-36(20-26-41)35-13-6-5-7-14-35/h4-33H,2H2,1,3H3/b12-4-,38-31+. The van der Waals surface area contributed by atoms with Gasteiger partial charge in [0.05, 0.1) is 22.1 Å². The maximum absolute atomic E-state index is 4.10. The van der Waals surface area contributed by atoms with Crippen LogP contribution in [0.1, 0.15) is 19.4 Å². The second kappa shape index (κ2) is 12.9. The summed E-state index contributed by atoms with van der Waals surface area (Å²) in [7, 11) is 0. The number of fused-ring (bicyclic) bond motifs is 6. The minimum absolute atomic E-state index is 1.04. The summed E-state index contributed by atoms with van der Waals surface area (Å²) in [6.45, 7) is 8.18. The Hall–Kier alpha value is -6.64. The van der Waals surface area contributed by atoms with Crippen LogP contribution >= 0.6 is 0 Å². The lowest BCUT2D eigenvalue weighted by Crippen LogP contribution is -1.94. The number of hydrogen-bond acceptors (Lipinski definition) is 0. The lowest BCUT2D eigenvalue weighted by molar-refractivity contribution is 1.18. The van der Waals surface area contributed by atoms with Crippen molar-refractivity contribution in [2.45, 2.75) is 13.8 Å². The molecule has 0 amide bonds. The van der Waals surface area contributed by atoms with E-state index in [2.05, 4.69) is 205 Å². The van der Waals surface area contributed by atoms with Crippen LogP contribution in [0.5, 0.6) is 0 Å². The molecule has 0 aliphatic rings. The first-order valence-electron chi connectivity index (χ1n) is 17.9. The molecule has 7 aromatic carbocycles. The van der Waals surface area contributed by atoms with Crippen LogP contribution in [0, 0.1) is 0 Å². The normalized spacial score (nSPS) is 12.2. The summed E-state index contributed by atoms with van der Waals surface area (Å²) in [5.41, 5.74) is 15.3. The number of allylic oxidation sites excluding steroid dienone is 5. The molecule has 0 fully saturated rings. The number of para-hydroxylation sites is 2. The molecule has 2 nitrogen and oxygen atoms in total. The van der Waals surface area contributed by atoms with Crippen molar-refractivity contribution >= 4 is 49.2 Å². The van der Waals surface area contributed by atoms with Gasteiger partial charge < -0.3 is 9.13 Å². The summed E-state index contributed by atoms with van der Waals surface area (Å²) < 4.78 is 4.77. The number of benzene rings is 7. The fraction of sp³-hybridized carbons (Fsp3) is 0.0400. The molecule has 0 atom stereocenters. The van der Waals surface area contributed by atoms with E-state index in [0.29, 0.717) is 0 Å². The van der Waals surface area contributed by atoms with Crippen molar-refractivity contribution in [2.24, 2.45) is 0 Å². The third-order valence-electron chi connectivity index (χ3n) is 10.1. The van der Waals surface area contributed by atoms with Crippen LogP contribution in [-0.2, 0) is 0 Å². The Kier molecular flexibility index (Phi) is 7.79. The van der Waals surface area contributed by atoms with Crippen molar-refractivity contribution in [3.63, 3.8) is 0 Å².